The molecule has 6 atom stereocenters. The minimum absolute atomic E-state index is 0.107. The number of esters is 4. The molecule has 100 heavy (non-hydrogen) atoms. The fourth-order valence-corrected chi connectivity index (χ4v) is 14.0. The van der Waals surface area contributed by atoms with Gasteiger partial charge in [-0.2, -0.15) is 0 Å². The maximum Gasteiger partial charge on any atom is 0.472 e. The number of unbranched alkanes of at least 4 members (excludes halogenated alkanes) is 46. The van der Waals surface area contributed by atoms with E-state index in [-0.39, 0.29) is 25.7 Å². The molecule has 0 fully saturated rings. The average Bonchev–Trinajstić information content (AvgIpc) is 0.934. The van der Waals surface area contributed by atoms with Crippen LogP contribution >= 0.6 is 15.6 Å². The van der Waals surface area contributed by atoms with Crippen LogP contribution in [0.25, 0.3) is 0 Å². The molecule has 0 saturated heterocycles. The minimum Gasteiger partial charge on any atom is -0.462 e. The van der Waals surface area contributed by atoms with E-state index in [1.165, 1.54) is 225 Å². The van der Waals surface area contributed by atoms with Crippen LogP contribution in [0.3, 0.4) is 0 Å². The molecule has 17 nitrogen and oxygen atoms in total. The molecule has 3 N–H and O–H groups in total. The monoisotopic (exact) mass is 1470 g/mol. The first-order valence-corrected chi connectivity index (χ1v) is 44.9. The Bertz CT molecular complexity index is 1940. The summed E-state index contributed by atoms with van der Waals surface area (Å²) in [7, 11) is -9.92. The summed E-state index contributed by atoms with van der Waals surface area (Å²) >= 11 is 0. The third-order valence-corrected chi connectivity index (χ3v) is 21.1. The molecule has 0 aromatic carbocycles. The summed E-state index contributed by atoms with van der Waals surface area (Å²) in [5.41, 5.74) is 0. The molecule has 19 heteroatoms. The Balaban J connectivity index is 5.21. The SMILES string of the molecule is CCCCCCCCCCC(=O)OC[C@H](COP(=O)(O)OC[C@H](O)COP(=O)(O)OC[C@@H](COC(=O)CCCCCCCCCCCCCCCCC(C)CC)OC(=O)CCCCCCCCCCCCCCCCCCC(C)C)OC(=O)CCCCCCCCCCCCCCC(C)C. The van der Waals surface area contributed by atoms with Gasteiger partial charge in [0.2, 0.25) is 0 Å². The van der Waals surface area contributed by atoms with Crippen LogP contribution in [0.1, 0.15) is 421 Å². The highest BCUT2D eigenvalue weighted by Crippen LogP contribution is 2.45. The van der Waals surface area contributed by atoms with Crippen LogP contribution in [0, 0.1) is 17.8 Å². The quantitative estimate of drug-likeness (QED) is 0.0222. The minimum atomic E-state index is -4.96. The first kappa shape index (κ1) is 98.1. The van der Waals surface area contributed by atoms with Gasteiger partial charge in [0.1, 0.15) is 19.3 Å². The predicted molar refractivity (Wildman–Crippen MR) is 409 cm³/mol. The summed E-state index contributed by atoms with van der Waals surface area (Å²) < 4.78 is 68.7. The van der Waals surface area contributed by atoms with Crippen molar-refractivity contribution in [2.75, 3.05) is 39.6 Å². The van der Waals surface area contributed by atoms with Crippen molar-refractivity contribution in [1.82, 2.24) is 0 Å². The summed E-state index contributed by atoms with van der Waals surface area (Å²) in [5, 5.41) is 10.6. The van der Waals surface area contributed by atoms with Gasteiger partial charge in [-0.25, -0.2) is 9.13 Å². The second-order valence-corrected chi connectivity index (χ2v) is 33.3. The highest BCUT2D eigenvalue weighted by atomic mass is 31.2. The van der Waals surface area contributed by atoms with E-state index < -0.39 is 97.5 Å². The van der Waals surface area contributed by atoms with E-state index in [1.54, 1.807) is 0 Å². The molecule has 0 aliphatic rings. The van der Waals surface area contributed by atoms with Crippen LogP contribution in [0.5, 0.6) is 0 Å². The summed E-state index contributed by atoms with van der Waals surface area (Å²) in [6, 6.07) is 0. The second kappa shape index (κ2) is 71.3. The van der Waals surface area contributed by atoms with Crippen molar-refractivity contribution in [2.45, 2.75) is 439 Å². The molecule has 0 amide bonds. The van der Waals surface area contributed by atoms with Crippen LogP contribution < -0.4 is 0 Å². The van der Waals surface area contributed by atoms with Gasteiger partial charge in [0.25, 0.3) is 0 Å². The lowest BCUT2D eigenvalue weighted by Gasteiger charge is -2.21. The van der Waals surface area contributed by atoms with Gasteiger partial charge in [-0.1, -0.05) is 370 Å². The average molecular weight is 1470 g/mol. The van der Waals surface area contributed by atoms with Crippen LogP contribution in [0.2, 0.25) is 0 Å². The van der Waals surface area contributed by atoms with Gasteiger partial charge in [-0.05, 0) is 43.4 Å². The Morgan fingerprint density at radius 2 is 0.510 bits per heavy atom. The van der Waals surface area contributed by atoms with E-state index in [0.717, 1.165) is 114 Å². The van der Waals surface area contributed by atoms with Gasteiger partial charge in [0, 0.05) is 25.7 Å². The molecule has 594 valence electrons. The van der Waals surface area contributed by atoms with Crippen molar-refractivity contribution in [3.05, 3.63) is 0 Å². The number of phosphoric acid groups is 2. The van der Waals surface area contributed by atoms with Crippen LogP contribution in [0.4, 0.5) is 0 Å². The maximum absolute atomic E-state index is 13.1. The standard InChI is InChI=1S/C81H158O17P2/c1-8-10-11-12-13-41-48-55-62-78(83)91-68-76(97-81(86)65-58-51-44-37-31-25-24-27-33-39-46-53-60-73(5)6)70-95-99(87,88)93-66-75(82)67-94-100(89,90)96-71-77(69-92-79(84)63-56-49-42-35-29-22-19-18-21-28-34-40-47-54-61-74(7)9-2)98-80(85)64-57-50-43-36-30-23-17-15-14-16-20-26-32-38-45-52-59-72(3)4/h72-77,82H,8-71H2,1-7H3,(H,87,88)(H,89,90)/t74?,75-,76+,77+/m0/s1. The van der Waals surface area contributed by atoms with Crippen molar-refractivity contribution in [3.63, 3.8) is 0 Å². The van der Waals surface area contributed by atoms with Crippen LogP contribution in [-0.2, 0) is 65.4 Å². The van der Waals surface area contributed by atoms with Gasteiger partial charge in [0.15, 0.2) is 12.2 Å². The highest BCUT2D eigenvalue weighted by molar-refractivity contribution is 7.47. The zero-order valence-electron chi connectivity index (χ0n) is 65.7. The largest absolute Gasteiger partial charge is 0.472 e. The summed E-state index contributed by atoms with van der Waals surface area (Å²) in [6.07, 6.45) is 59.6. The molecule has 0 heterocycles. The fraction of sp³-hybridized carbons (Fsp3) is 0.951. The van der Waals surface area contributed by atoms with Gasteiger partial charge in [-0.15, -0.1) is 0 Å². The Morgan fingerprint density at radius 1 is 0.290 bits per heavy atom. The van der Waals surface area contributed by atoms with Gasteiger partial charge >= 0.3 is 39.5 Å². The molecule has 0 rings (SSSR count). The van der Waals surface area contributed by atoms with E-state index in [4.69, 9.17) is 37.0 Å². The van der Waals surface area contributed by atoms with Crippen LogP contribution in [-0.4, -0.2) is 96.7 Å². The Hall–Kier alpha value is -1.94. The molecular weight excluding hydrogens is 1310 g/mol. The maximum atomic E-state index is 13.1. The Kier molecular flexibility index (Phi) is 69.9. The zero-order chi connectivity index (χ0) is 73.7. The number of aliphatic hydroxyl groups excluding tert-OH is 1. The van der Waals surface area contributed by atoms with E-state index in [2.05, 4.69) is 48.5 Å². The highest BCUT2D eigenvalue weighted by Gasteiger charge is 2.30. The molecule has 0 spiro atoms. The third kappa shape index (κ3) is 73.0. The molecule has 0 aromatic heterocycles. The Labute approximate surface area is 613 Å². The lowest BCUT2D eigenvalue weighted by Crippen LogP contribution is -2.30. The smallest absolute Gasteiger partial charge is 0.462 e. The van der Waals surface area contributed by atoms with Gasteiger partial charge < -0.3 is 33.8 Å². The lowest BCUT2D eigenvalue weighted by atomic mass is 9.99. The predicted octanol–water partition coefficient (Wildman–Crippen LogP) is 24.1. The van der Waals surface area contributed by atoms with Crippen molar-refractivity contribution in [1.29, 1.82) is 0 Å². The molecule has 0 aromatic rings. The third-order valence-electron chi connectivity index (χ3n) is 19.2. The first-order chi connectivity index (χ1) is 48.3. The van der Waals surface area contributed by atoms with E-state index in [9.17, 15) is 43.2 Å². The number of rotatable bonds is 79. The zero-order valence-corrected chi connectivity index (χ0v) is 67.5. The van der Waals surface area contributed by atoms with E-state index in [1.807, 2.05) is 0 Å². The fourth-order valence-electron chi connectivity index (χ4n) is 12.5. The number of aliphatic hydroxyl groups is 1. The first-order valence-electron chi connectivity index (χ1n) is 41.9. The van der Waals surface area contributed by atoms with Crippen molar-refractivity contribution >= 4 is 39.5 Å². The summed E-state index contributed by atoms with van der Waals surface area (Å²) in [4.78, 5) is 72.9. The second-order valence-electron chi connectivity index (χ2n) is 30.4. The summed E-state index contributed by atoms with van der Waals surface area (Å²) in [5.74, 6) is 0.323. The van der Waals surface area contributed by atoms with E-state index in [0.29, 0.717) is 25.7 Å². The molecule has 0 bridgehead atoms. The lowest BCUT2D eigenvalue weighted by molar-refractivity contribution is -0.161. The molecule has 0 aliphatic heterocycles. The number of carbonyl (C=O) groups excluding carboxylic acids is 4. The van der Waals surface area contributed by atoms with Crippen molar-refractivity contribution in [3.8, 4) is 0 Å². The molecule has 0 aliphatic carbocycles. The van der Waals surface area contributed by atoms with Gasteiger partial charge in [0.05, 0.1) is 26.4 Å². The van der Waals surface area contributed by atoms with Crippen molar-refractivity contribution < 1.29 is 80.2 Å². The molecule has 0 saturated carbocycles. The number of carbonyl (C=O) groups is 4. The number of ether oxygens (including phenoxy) is 4. The van der Waals surface area contributed by atoms with E-state index >= 15 is 0 Å². The topological polar surface area (TPSA) is 237 Å². The Morgan fingerprint density at radius 3 is 0.760 bits per heavy atom. The number of hydrogen-bond donors (Lipinski definition) is 3. The van der Waals surface area contributed by atoms with Crippen molar-refractivity contribution in [2.24, 2.45) is 17.8 Å². The number of phosphoric ester groups is 2. The summed E-state index contributed by atoms with van der Waals surface area (Å²) in [6.45, 7) is 12.0. The molecule has 3 unspecified atom stereocenters. The normalized spacial score (nSPS) is 14.2. The van der Waals surface area contributed by atoms with Crippen LogP contribution in [0.15, 0.2) is 0 Å². The van der Waals surface area contributed by atoms with Gasteiger partial charge in [-0.3, -0.25) is 37.3 Å². The number of hydrogen-bond acceptors (Lipinski definition) is 15. The molecule has 0 radical (unpaired) electrons. The molecular formula is C81H158O17P2.